The van der Waals surface area contributed by atoms with Crippen molar-refractivity contribution < 1.29 is 38.7 Å². The first-order valence-corrected chi connectivity index (χ1v) is 12.7. The number of amides is 6. The van der Waals surface area contributed by atoms with Gasteiger partial charge in [0.05, 0.1) is 19.6 Å². The quantitative estimate of drug-likeness (QED) is 0.0984. The van der Waals surface area contributed by atoms with Crippen LogP contribution in [0.2, 0.25) is 0 Å². The van der Waals surface area contributed by atoms with Gasteiger partial charge < -0.3 is 32.1 Å². The van der Waals surface area contributed by atoms with Gasteiger partial charge in [0, 0.05) is 31.2 Å². The minimum atomic E-state index is -1.21. The van der Waals surface area contributed by atoms with Crippen molar-refractivity contribution in [3.63, 3.8) is 0 Å². The average Bonchev–Trinajstić information content (AvgIpc) is 3.21. The van der Waals surface area contributed by atoms with Crippen molar-refractivity contribution in [3.05, 3.63) is 12.2 Å². The normalized spacial score (nSPS) is 19.6. The van der Waals surface area contributed by atoms with E-state index in [0.717, 1.165) is 12.8 Å². The van der Waals surface area contributed by atoms with Crippen molar-refractivity contribution in [1.82, 2.24) is 26.2 Å². The molecule has 0 radical (unpaired) electrons. The van der Waals surface area contributed by atoms with Crippen LogP contribution in [0.15, 0.2) is 12.2 Å². The minimum absolute atomic E-state index is 0.0695. The number of nitrogens with two attached hydrogens (primary N) is 1. The minimum Gasteiger partial charge on any atom is -0.480 e. The Balaban J connectivity index is 1.59. The summed E-state index contributed by atoms with van der Waals surface area (Å²) >= 11 is 0. The highest BCUT2D eigenvalue weighted by molar-refractivity contribution is 6.12. The van der Waals surface area contributed by atoms with Gasteiger partial charge in [-0.25, -0.2) is 4.79 Å². The summed E-state index contributed by atoms with van der Waals surface area (Å²) in [7, 11) is 0. The second kappa shape index (κ2) is 15.4. The Morgan fingerprint density at radius 2 is 1.50 bits per heavy atom. The molecule has 6 amide bonds. The molecule has 0 bridgehead atoms. The number of carboxylic acids is 1. The summed E-state index contributed by atoms with van der Waals surface area (Å²) in [6, 6.07) is -1.15. The third kappa shape index (κ3) is 10.3. The molecule has 2 rings (SSSR count). The van der Waals surface area contributed by atoms with Crippen LogP contribution in [0.4, 0.5) is 0 Å². The van der Waals surface area contributed by atoms with Crippen LogP contribution in [0.3, 0.4) is 0 Å². The van der Waals surface area contributed by atoms with Gasteiger partial charge in [0.15, 0.2) is 0 Å². The molecule has 2 aliphatic rings. The van der Waals surface area contributed by atoms with Crippen molar-refractivity contribution in [2.45, 2.75) is 51.0 Å². The fourth-order valence-electron chi connectivity index (χ4n) is 4.30. The highest BCUT2D eigenvalue weighted by Gasteiger charge is 2.31. The number of carboxylic acid groups (broad SMARTS) is 1. The van der Waals surface area contributed by atoms with Gasteiger partial charge in [0.2, 0.25) is 23.6 Å². The number of hydrogen-bond donors (Lipinski definition) is 6. The molecule has 0 saturated heterocycles. The standard InChI is InChI=1S/C24H36N6O8/c25-11-18(31)27-12-19(32)28-13-20(33)29-17(24(37)38)3-1-2-10-26-23(36)16-6-4-15(5-7-16)14-30-21(34)8-9-22(30)35/h8-9,15-17H,1-7,10-14,25H2,(H,26,36)(H,27,31)(H,28,32)(H,29,33)(H,37,38). The fraction of sp³-hybridized carbons (Fsp3) is 0.625. The first-order chi connectivity index (χ1) is 18.1. The van der Waals surface area contributed by atoms with Crippen molar-refractivity contribution in [3.8, 4) is 0 Å². The number of carbonyl (C=O) groups is 7. The molecule has 7 N–H and O–H groups in total. The van der Waals surface area contributed by atoms with Gasteiger partial charge in [0.1, 0.15) is 6.04 Å². The predicted octanol–water partition coefficient (Wildman–Crippen LogP) is -2.24. The van der Waals surface area contributed by atoms with E-state index in [-0.39, 0.29) is 49.1 Å². The molecule has 1 aliphatic carbocycles. The number of rotatable bonds is 15. The summed E-state index contributed by atoms with van der Waals surface area (Å²) in [6.45, 7) is -0.325. The monoisotopic (exact) mass is 536 g/mol. The summed E-state index contributed by atoms with van der Waals surface area (Å²) in [5.74, 6) is -3.66. The zero-order chi connectivity index (χ0) is 28.1. The zero-order valence-electron chi connectivity index (χ0n) is 21.2. The largest absolute Gasteiger partial charge is 0.480 e. The van der Waals surface area contributed by atoms with Gasteiger partial charge in [-0.2, -0.15) is 0 Å². The fourth-order valence-corrected chi connectivity index (χ4v) is 4.30. The maximum atomic E-state index is 12.5. The number of unbranched alkanes of at least 4 members (excludes halogenated alkanes) is 1. The second-order valence-corrected chi connectivity index (χ2v) is 9.34. The van der Waals surface area contributed by atoms with E-state index < -0.39 is 36.3 Å². The average molecular weight is 537 g/mol. The van der Waals surface area contributed by atoms with Gasteiger partial charge in [-0.3, -0.25) is 33.7 Å². The van der Waals surface area contributed by atoms with Gasteiger partial charge in [-0.1, -0.05) is 0 Å². The van der Waals surface area contributed by atoms with Crippen molar-refractivity contribution >= 4 is 41.4 Å². The van der Waals surface area contributed by atoms with Crippen molar-refractivity contribution in [2.75, 3.05) is 32.7 Å². The molecule has 1 atom stereocenters. The Kier molecular flexibility index (Phi) is 12.4. The molecule has 1 heterocycles. The number of imide groups is 1. The summed E-state index contributed by atoms with van der Waals surface area (Å²) in [4.78, 5) is 83.2. The molecule has 14 heteroatoms. The highest BCUT2D eigenvalue weighted by atomic mass is 16.4. The Bertz CT molecular complexity index is 926. The smallest absolute Gasteiger partial charge is 0.326 e. The lowest BCUT2D eigenvalue weighted by Gasteiger charge is -2.30. The van der Waals surface area contributed by atoms with E-state index in [4.69, 9.17) is 5.73 Å². The second-order valence-electron chi connectivity index (χ2n) is 9.34. The third-order valence-electron chi connectivity index (χ3n) is 6.49. The van der Waals surface area contributed by atoms with E-state index in [1.165, 1.54) is 17.1 Å². The van der Waals surface area contributed by atoms with Gasteiger partial charge in [-0.05, 0) is 50.9 Å². The highest BCUT2D eigenvalue weighted by Crippen LogP contribution is 2.30. The Morgan fingerprint density at radius 3 is 2.11 bits per heavy atom. The zero-order valence-corrected chi connectivity index (χ0v) is 21.2. The Morgan fingerprint density at radius 1 is 0.895 bits per heavy atom. The summed E-state index contributed by atoms with van der Waals surface area (Å²) in [5.41, 5.74) is 5.10. The van der Waals surface area contributed by atoms with E-state index in [1.54, 1.807) is 0 Å². The molecule has 1 unspecified atom stereocenters. The van der Waals surface area contributed by atoms with Crippen LogP contribution in [0.5, 0.6) is 0 Å². The molecule has 38 heavy (non-hydrogen) atoms. The summed E-state index contributed by atoms with van der Waals surface area (Å²) in [5, 5.41) is 19.1. The molecule has 210 valence electrons. The topological polar surface area (TPSA) is 217 Å². The Labute approximate surface area is 220 Å². The Hall–Kier alpha value is -3.81. The number of aliphatic carboxylic acids is 1. The summed E-state index contributed by atoms with van der Waals surface area (Å²) < 4.78 is 0. The number of carbonyl (C=O) groups excluding carboxylic acids is 6. The van der Waals surface area contributed by atoms with E-state index in [9.17, 15) is 38.7 Å². The predicted molar refractivity (Wildman–Crippen MR) is 133 cm³/mol. The molecule has 0 aromatic carbocycles. The van der Waals surface area contributed by atoms with E-state index >= 15 is 0 Å². The number of hydrogen-bond acceptors (Lipinski definition) is 8. The summed E-state index contributed by atoms with van der Waals surface area (Å²) in [6.07, 6.45) is 6.47. The van der Waals surface area contributed by atoms with Crippen LogP contribution in [0.1, 0.15) is 44.9 Å². The van der Waals surface area contributed by atoms with Gasteiger partial charge >= 0.3 is 5.97 Å². The lowest BCUT2D eigenvalue weighted by Crippen LogP contribution is -2.47. The maximum Gasteiger partial charge on any atom is 0.326 e. The molecule has 0 aromatic rings. The van der Waals surface area contributed by atoms with E-state index in [2.05, 4.69) is 21.3 Å². The van der Waals surface area contributed by atoms with E-state index in [0.29, 0.717) is 38.8 Å². The van der Waals surface area contributed by atoms with Crippen LogP contribution in [0.25, 0.3) is 0 Å². The molecule has 0 aromatic heterocycles. The first kappa shape index (κ1) is 30.4. The lowest BCUT2D eigenvalue weighted by atomic mass is 9.81. The van der Waals surface area contributed by atoms with E-state index in [1.807, 2.05) is 0 Å². The molecule has 1 aliphatic heterocycles. The molecular weight excluding hydrogens is 500 g/mol. The molecule has 1 fully saturated rings. The SMILES string of the molecule is NCC(=O)NCC(=O)NCC(=O)NC(CCCCNC(=O)C1CCC(CN2C(=O)C=CC2=O)CC1)C(=O)O. The van der Waals surface area contributed by atoms with Crippen LogP contribution in [-0.4, -0.2) is 90.2 Å². The molecule has 0 spiro atoms. The van der Waals surface area contributed by atoms with Gasteiger partial charge in [-0.15, -0.1) is 0 Å². The van der Waals surface area contributed by atoms with Crippen molar-refractivity contribution in [2.24, 2.45) is 17.6 Å². The number of nitrogens with one attached hydrogen (secondary N) is 4. The van der Waals surface area contributed by atoms with Gasteiger partial charge in [0.25, 0.3) is 11.8 Å². The van der Waals surface area contributed by atoms with Crippen LogP contribution in [0, 0.1) is 11.8 Å². The van der Waals surface area contributed by atoms with Crippen molar-refractivity contribution in [1.29, 1.82) is 0 Å². The van der Waals surface area contributed by atoms with Crippen LogP contribution in [-0.2, 0) is 33.6 Å². The third-order valence-corrected chi connectivity index (χ3v) is 6.49. The lowest BCUT2D eigenvalue weighted by molar-refractivity contribution is -0.142. The first-order valence-electron chi connectivity index (χ1n) is 12.7. The van der Waals surface area contributed by atoms with Crippen LogP contribution < -0.4 is 27.0 Å². The molecule has 14 nitrogen and oxygen atoms in total. The molecular formula is C24H36N6O8. The maximum absolute atomic E-state index is 12.5. The molecule has 1 saturated carbocycles. The number of nitrogens with zero attached hydrogens (tertiary/aromatic N) is 1. The van der Waals surface area contributed by atoms with Crippen LogP contribution >= 0.6 is 0 Å².